The minimum absolute atomic E-state index is 0.411. The SMILES string of the molecule is COc1cc(-c2nc(C)cc(N)n2)cc(Cl)c1OC. The first-order valence-corrected chi connectivity index (χ1v) is 5.96. The van der Waals surface area contributed by atoms with Gasteiger partial charge in [0, 0.05) is 17.3 Å². The number of halogens is 1. The second-order valence-corrected chi connectivity index (χ2v) is 4.36. The summed E-state index contributed by atoms with van der Waals surface area (Å²) in [5.74, 6) is 1.91. The Morgan fingerprint density at radius 3 is 2.42 bits per heavy atom. The van der Waals surface area contributed by atoms with Gasteiger partial charge in [0.15, 0.2) is 17.3 Å². The molecule has 0 radical (unpaired) electrons. The van der Waals surface area contributed by atoms with E-state index in [1.54, 1.807) is 25.3 Å². The van der Waals surface area contributed by atoms with E-state index in [0.717, 1.165) is 11.3 Å². The quantitative estimate of drug-likeness (QED) is 0.935. The van der Waals surface area contributed by atoms with Crippen LogP contribution in [0, 0.1) is 6.92 Å². The van der Waals surface area contributed by atoms with Crippen LogP contribution in [0.5, 0.6) is 11.5 Å². The Bertz CT molecular complexity index is 597. The monoisotopic (exact) mass is 279 g/mol. The lowest BCUT2D eigenvalue weighted by Gasteiger charge is -2.11. The molecule has 1 aromatic carbocycles. The fourth-order valence-electron chi connectivity index (χ4n) is 1.77. The van der Waals surface area contributed by atoms with Crippen LogP contribution in [0.1, 0.15) is 5.69 Å². The highest BCUT2D eigenvalue weighted by Crippen LogP contribution is 2.38. The van der Waals surface area contributed by atoms with E-state index < -0.39 is 0 Å². The first-order chi connectivity index (χ1) is 9.05. The van der Waals surface area contributed by atoms with Gasteiger partial charge in [0.25, 0.3) is 0 Å². The third-order valence-corrected chi connectivity index (χ3v) is 2.85. The number of benzene rings is 1. The predicted octanol–water partition coefficient (Wildman–Crippen LogP) is 2.70. The third-order valence-electron chi connectivity index (χ3n) is 2.57. The number of nitrogens with two attached hydrogens (primary N) is 1. The zero-order valence-corrected chi connectivity index (χ0v) is 11.7. The van der Waals surface area contributed by atoms with Crippen LogP contribution in [-0.2, 0) is 0 Å². The van der Waals surface area contributed by atoms with Gasteiger partial charge in [-0.05, 0) is 19.1 Å². The Morgan fingerprint density at radius 2 is 1.84 bits per heavy atom. The van der Waals surface area contributed by atoms with Crippen LogP contribution in [0.3, 0.4) is 0 Å². The summed E-state index contributed by atoms with van der Waals surface area (Å²) in [5.41, 5.74) is 7.23. The van der Waals surface area contributed by atoms with Gasteiger partial charge < -0.3 is 15.2 Å². The van der Waals surface area contributed by atoms with Gasteiger partial charge >= 0.3 is 0 Å². The van der Waals surface area contributed by atoms with Gasteiger partial charge in [-0.2, -0.15) is 0 Å². The van der Waals surface area contributed by atoms with E-state index in [1.807, 2.05) is 6.92 Å². The van der Waals surface area contributed by atoms with Crippen LogP contribution in [-0.4, -0.2) is 24.2 Å². The number of rotatable bonds is 3. The average molecular weight is 280 g/mol. The molecular formula is C13H14ClN3O2. The summed E-state index contributed by atoms with van der Waals surface area (Å²) in [6.07, 6.45) is 0. The summed E-state index contributed by atoms with van der Waals surface area (Å²) in [7, 11) is 3.08. The zero-order chi connectivity index (χ0) is 14.0. The average Bonchev–Trinajstić information content (AvgIpc) is 2.36. The van der Waals surface area contributed by atoms with Gasteiger partial charge in [-0.3, -0.25) is 0 Å². The van der Waals surface area contributed by atoms with Gasteiger partial charge in [0.05, 0.1) is 19.2 Å². The third kappa shape index (κ3) is 2.71. The van der Waals surface area contributed by atoms with Crippen molar-refractivity contribution in [3.05, 3.63) is 28.9 Å². The molecule has 5 nitrogen and oxygen atoms in total. The lowest BCUT2D eigenvalue weighted by atomic mass is 10.2. The van der Waals surface area contributed by atoms with Gasteiger partial charge in [-0.1, -0.05) is 11.6 Å². The van der Waals surface area contributed by atoms with Crippen molar-refractivity contribution >= 4 is 17.4 Å². The molecule has 100 valence electrons. The van der Waals surface area contributed by atoms with Crippen molar-refractivity contribution in [1.29, 1.82) is 0 Å². The second-order valence-electron chi connectivity index (χ2n) is 3.95. The number of hydrogen-bond donors (Lipinski definition) is 1. The molecule has 0 saturated heterocycles. The number of anilines is 1. The number of ether oxygens (including phenoxy) is 2. The largest absolute Gasteiger partial charge is 0.493 e. The zero-order valence-electron chi connectivity index (χ0n) is 10.9. The number of nitrogens with zero attached hydrogens (tertiary/aromatic N) is 2. The van der Waals surface area contributed by atoms with Crippen LogP contribution in [0.4, 0.5) is 5.82 Å². The summed E-state index contributed by atoms with van der Waals surface area (Å²) >= 11 is 6.15. The van der Waals surface area contributed by atoms with Gasteiger partial charge in [0.2, 0.25) is 0 Å². The molecule has 0 unspecified atom stereocenters. The maximum absolute atomic E-state index is 6.15. The molecule has 1 heterocycles. The highest BCUT2D eigenvalue weighted by Gasteiger charge is 2.13. The molecule has 0 bridgehead atoms. The van der Waals surface area contributed by atoms with Gasteiger partial charge in [-0.15, -0.1) is 0 Å². The molecule has 6 heteroatoms. The highest BCUT2D eigenvalue weighted by molar-refractivity contribution is 6.32. The summed E-state index contributed by atoms with van der Waals surface area (Å²) in [6, 6.07) is 5.18. The van der Waals surface area contributed by atoms with E-state index in [2.05, 4.69) is 9.97 Å². The maximum Gasteiger partial charge on any atom is 0.179 e. The molecule has 2 aromatic rings. The number of hydrogen-bond acceptors (Lipinski definition) is 5. The van der Waals surface area contributed by atoms with Crippen molar-refractivity contribution < 1.29 is 9.47 Å². The van der Waals surface area contributed by atoms with Crippen LogP contribution in [0.25, 0.3) is 11.4 Å². The Balaban J connectivity index is 2.59. The van der Waals surface area contributed by atoms with E-state index in [1.165, 1.54) is 7.11 Å². The Labute approximate surface area is 116 Å². The first kappa shape index (κ1) is 13.4. The van der Waals surface area contributed by atoms with Crippen LogP contribution in [0.15, 0.2) is 18.2 Å². The molecule has 2 N–H and O–H groups in total. The summed E-state index contributed by atoms with van der Waals surface area (Å²) in [5, 5.41) is 0.431. The van der Waals surface area contributed by atoms with Crippen molar-refractivity contribution in [2.45, 2.75) is 6.92 Å². The van der Waals surface area contributed by atoms with Crippen LogP contribution < -0.4 is 15.2 Å². The Kier molecular flexibility index (Phi) is 3.76. The summed E-state index contributed by atoms with van der Waals surface area (Å²) < 4.78 is 10.4. The molecular weight excluding hydrogens is 266 g/mol. The molecule has 1 aromatic heterocycles. The minimum atomic E-state index is 0.411. The Hall–Kier alpha value is -2.01. The lowest BCUT2D eigenvalue weighted by Crippen LogP contribution is -1.99. The highest BCUT2D eigenvalue weighted by atomic mass is 35.5. The van der Waals surface area contributed by atoms with Crippen molar-refractivity contribution in [3.63, 3.8) is 0 Å². The molecule has 2 rings (SSSR count). The van der Waals surface area contributed by atoms with E-state index in [4.69, 9.17) is 26.8 Å². The van der Waals surface area contributed by atoms with Crippen molar-refractivity contribution in [2.75, 3.05) is 20.0 Å². The first-order valence-electron chi connectivity index (χ1n) is 5.58. The number of methoxy groups -OCH3 is 2. The molecule has 0 saturated carbocycles. The second kappa shape index (κ2) is 5.32. The smallest absolute Gasteiger partial charge is 0.179 e. The molecule has 0 fully saturated rings. The van der Waals surface area contributed by atoms with E-state index in [0.29, 0.717) is 28.2 Å². The van der Waals surface area contributed by atoms with E-state index in [-0.39, 0.29) is 0 Å². The maximum atomic E-state index is 6.15. The molecule has 0 spiro atoms. The van der Waals surface area contributed by atoms with Crippen LogP contribution in [0.2, 0.25) is 5.02 Å². The summed E-state index contributed by atoms with van der Waals surface area (Å²) in [4.78, 5) is 8.52. The summed E-state index contributed by atoms with van der Waals surface area (Å²) in [6.45, 7) is 1.85. The molecule has 0 aliphatic heterocycles. The number of nitrogen functional groups attached to an aromatic ring is 1. The van der Waals surface area contributed by atoms with Crippen molar-refractivity contribution in [2.24, 2.45) is 0 Å². The topological polar surface area (TPSA) is 70.3 Å². The number of aromatic nitrogens is 2. The fraction of sp³-hybridized carbons (Fsp3) is 0.231. The minimum Gasteiger partial charge on any atom is -0.493 e. The van der Waals surface area contributed by atoms with Crippen LogP contribution >= 0.6 is 11.6 Å². The van der Waals surface area contributed by atoms with Gasteiger partial charge in [-0.25, -0.2) is 9.97 Å². The standard InChI is InChI=1S/C13H14ClN3O2/c1-7-4-11(15)17-13(16-7)8-5-9(14)12(19-3)10(6-8)18-2/h4-6H,1-3H3,(H2,15,16,17). The molecule has 19 heavy (non-hydrogen) atoms. The van der Waals surface area contributed by atoms with Crippen molar-refractivity contribution in [3.8, 4) is 22.9 Å². The molecule has 0 aliphatic rings. The lowest BCUT2D eigenvalue weighted by molar-refractivity contribution is 0.355. The Morgan fingerprint density at radius 1 is 1.11 bits per heavy atom. The van der Waals surface area contributed by atoms with E-state index >= 15 is 0 Å². The van der Waals surface area contributed by atoms with E-state index in [9.17, 15) is 0 Å². The molecule has 0 atom stereocenters. The predicted molar refractivity (Wildman–Crippen MR) is 74.7 cm³/mol. The van der Waals surface area contributed by atoms with Crippen molar-refractivity contribution in [1.82, 2.24) is 9.97 Å². The molecule has 0 amide bonds. The fourth-order valence-corrected chi connectivity index (χ4v) is 2.06. The normalized spacial score (nSPS) is 10.3. The van der Waals surface area contributed by atoms with Gasteiger partial charge in [0.1, 0.15) is 5.82 Å². The molecule has 0 aliphatic carbocycles. The number of aryl methyl sites for hydroxylation is 1.